The van der Waals surface area contributed by atoms with Crippen LogP contribution in [-0.2, 0) is 0 Å². The molecule has 0 aliphatic heterocycles. The Balaban J connectivity index is 3.17. The summed E-state index contributed by atoms with van der Waals surface area (Å²) in [4.78, 5) is 0.238. The van der Waals surface area contributed by atoms with Crippen molar-refractivity contribution in [3.8, 4) is 0 Å². The van der Waals surface area contributed by atoms with Crippen molar-refractivity contribution in [2.75, 3.05) is 5.33 Å². The summed E-state index contributed by atoms with van der Waals surface area (Å²) >= 11 is 6.60. The van der Waals surface area contributed by atoms with Crippen LogP contribution >= 0.6 is 31.9 Å². The normalized spacial score (nSPS) is 18.0. The Kier molecular flexibility index (Phi) is 5.31. The van der Waals surface area contributed by atoms with E-state index in [1.165, 1.54) is 0 Å². The number of rotatable bonds is 3. The van der Waals surface area contributed by atoms with E-state index in [2.05, 4.69) is 31.9 Å². The summed E-state index contributed by atoms with van der Waals surface area (Å²) in [6, 6.07) is 0. The Hall–Kier alpha value is 0.920. The van der Waals surface area contributed by atoms with Crippen LogP contribution in [-0.4, -0.2) is 21.4 Å². The lowest BCUT2D eigenvalue weighted by molar-refractivity contribution is 0.192. The molecule has 1 N–H and O–H groups in total. The molecule has 3 heteroatoms. The molecular formula is C5H10Br2O. The molecule has 0 saturated carbocycles. The van der Waals surface area contributed by atoms with Gasteiger partial charge in [0.2, 0.25) is 0 Å². The molecular weight excluding hydrogens is 236 g/mol. The van der Waals surface area contributed by atoms with Crippen LogP contribution in [0.15, 0.2) is 0 Å². The second-order valence-corrected chi connectivity index (χ2v) is 3.70. The number of alkyl halides is 2. The van der Waals surface area contributed by atoms with E-state index in [1.807, 2.05) is 0 Å². The Morgan fingerprint density at radius 1 is 1.62 bits per heavy atom. The van der Waals surface area contributed by atoms with E-state index in [0.717, 1.165) is 11.8 Å². The van der Waals surface area contributed by atoms with Gasteiger partial charge in [0.15, 0.2) is 0 Å². The molecule has 0 amide bonds. The van der Waals surface area contributed by atoms with Crippen LogP contribution in [0, 0.1) is 0 Å². The number of aliphatic hydroxyl groups excluding tert-OH is 1. The van der Waals surface area contributed by atoms with Gasteiger partial charge >= 0.3 is 0 Å². The van der Waals surface area contributed by atoms with Crippen LogP contribution in [0.2, 0.25) is 0 Å². The minimum Gasteiger partial charge on any atom is -0.392 e. The molecule has 1 nitrogen and oxygen atoms in total. The fourth-order valence-electron chi connectivity index (χ4n) is 0.345. The van der Waals surface area contributed by atoms with E-state index >= 15 is 0 Å². The van der Waals surface area contributed by atoms with Gasteiger partial charge in [-0.1, -0.05) is 31.9 Å². The van der Waals surface area contributed by atoms with Crippen molar-refractivity contribution in [3.05, 3.63) is 0 Å². The average molecular weight is 246 g/mol. The molecule has 0 saturated heterocycles. The number of hydrogen-bond acceptors (Lipinski definition) is 1. The van der Waals surface area contributed by atoms with E-state index in [9.17, 15) is 0 Å². The summed E-state index contributed by atoms with van der Waals surface area (Å²) in [7, 11) is 0. The maximum absolute atomic E-state index is 8.88. The van der Waals surface area contributed by atoms with Gasteiger partial charge < -0.3 is 5.11 Å². The molecule has 0 radical (unpaired) electrons. The lowest BCUT2D eigenvalue weighted by Crippen LogP contribution is -2.15. The highest BCUT2D eigenvalue weighted by Gasteiger charge is 2.07. The number of halogens is 2. The summed E-state index contributed by atoms with van der Waals surface area (Å²) in [5, 5.41) is 9.82. The molecule has 2 atom stereocenters. The van der Waals surface area contributed by atoms with Gasteiger partial charge in [0.05, 0.1) is 6.10 Å². The minimum atomic E-state index is -0.243. The average Bonchev–Trinajstić information content (AvgIpc) is 1.67. The molecule has 0 heterocycles. The van der Waals surface area contributed by atoms with Gasteiger partial charge in [-0.25, -0.2) is 0 Å². The van der Waals surface area contributed by atoms with E-state index in [4.69, 9.17) is 5.11 Å². The van der Waals surface area contributed by atoms with Crippen LogP contribution < -0.4 is 0 Å². The fraction of sp³-hybridized carbons (Fsp3) is 1.00. The van der Waals surface area contributed by atoms with Gasteiger partial charge in [-0.15, -0.1) is 0 Å². The van der Waals surface area contributed by atoms with E-state index < -0.39 is 0 Å². The second kappa shape index (κ2) is 4.77. The van der Waals surface area contributed by atoms with Crippen molar-refractivity contribution >= 4 is 31.9 Å². The lowest BCUT2D eigenvalue weighted by atomic mass is 10.2. The lowest BCUT2D eigenvalue weighted by Gasteiger charge is -2.09. The van der Waals surface area contributed by atoms with E-state index in [-0.39, 0.29) is 10.9 Å². The largest absolute Gasteiger partial charge is 0.392 e. The fourth-order valence-corrected chi connectivity index (χ4v) is 1.68. The van der Waals surface area contributed by atoms with Gasteiger partial charge in [0.1, 0.15) is 0 Å². The second-order valence-electron chi connectivity index (χ2n) is 1.73. The molecule has 8 heavy (non-hydrogen) atoms. The third kappa shape index (κ3) is 3.87. The highest BCUT2D eigenvalue weighted by Crippen LogP contribution is 2.10. The van der Waals surface area contributed by atoms with Gasteiger partial charge in [0, 0.05) is 10.2 Å². The maximum Gasteiger partial charge on any atom is 0.0637 e. The zero-order valence-corrected chi connectivity index (χ0v) is 7.94. The first-order chi connectivity index (χ1) is 3.68. The maximum atomic E-state index is 8.88. The smallest absolute Gasteiger partial charge is 0.0637 e. The molecule has 0 aromatic heterocycles. The molecule has 0 unspecified atom stereocenters. The Bertz CT molecular complexity index is 56.4. The monoisotopic (exact) mass is 244 g/mol. The third-order valence-corrected chi connectivity index (χ3v) is 2.59. The highest BCUT2D eigenvalue weighted by molar-refractivity contribution is 9.10. The predicted molar refractivity (Wildman–Crippen MR) is 42.8 cm³/mol. The molecule has 0 aliphatic rings. The molecule has 0 bridgehead atoms. The summed E-state index contributed by atoms with van der Waals surface area (Å²) < 4.78 is 0. The summed E-state index contributed by atoms with van der Waals surface area (Å²) in [5.41, 5.74) is 0. The topological polar surface area (TPSA) is 20.2 Å². The Morgan fingerprint density at radius 3 is 2.25 bits per heavy atom. The third-order valence-electron chi connectivity index (χ3n) is 0.908. The van der Waals surface area contributed by atoms with Crippen LogP contribution in [0.3, 0.4) is 0 Å². The van der Waals surface area contributed by atoms with Gasteiger partial charge in [-0.3, -0.25) is 0 Å². The number of aliphatic hydroxyl groups is 1. The first-order valence-electron chi connectivity index (χ1n) is 2.56. The van der Waals surface area contributed by atoms with Crippen LogP contribution in [0.4, 0.5) is 0 Å². The molecule has 0 aliphatic carbocycles. The zero-order chi connectivity index (χ0) is 6.57. The van der Waals surface area contributed by atoms with Crippen molar-refractivity contribution in [1.82, 2.24) is 0 Å². The summed E-state index contributed by atoms with van der Waals surface area (Å²) in [6.45, 7) is 1.78. The Morgan fingerprint density at radius 2 is 2.12 bits per heavy atom. The van der Waals surface area contributed by atoms with Gasteiger partial charge in [-0.05, 0) is 13.3 Å². The van der Waals surface area contributed by atoms with Crippen molar-refractivity contribution < 1.29 is 5.11 Å². The molecule has 0 spiro atoms. The quantitative estimate of drug-likeness (QED) is 0.754. The van der Waals surface area contributed by atoms with Crippen molar-refractivity contribution in [2.45, 2.75) is 24.3 Å². The first-order valence-corrected chi connectivity index (χ1v) is 4.60. The highest BCUT2D eigenvalue weighted by atomic mass is 79.9. The van der Waals surface area contributed by atoms with Crippen LogP contribution in [0.25, 0.3) is 0 Å². The Labute approximate surface area is 66.7 Å². The SMILES string of the molecule is C[C@@H](O)[C@@H](Br)CCBr. The molecule has 0 rings (SSSR count). The molecule has 0 fully saturated rings. The van der Waals surface area contributed by atoms with Gasteiger partial charge in [-0.2, -0.15) is 0 Å². The van der Waals surface area contributed by atoms with Gasteiger partial charge in [0.25, 0.3) is 0 Å². The standard InChI is InChI=1S/C5H10Br2O/c1-4(8)5(7)2-3-6/h4-5,8H,2-3H2,1H3/t4-,5+/m1/s1. The van der Waals surface area contributed by atoms with Crippen molar-refractivity contribution in [2.24, 2.45) is 0 Å². The first kappa shape index (κ1) is 8.92. The summed E-state index contributed by atoms with van der Waals surface area (Å²) in [5.74, 6) is 0. The zero-order valence-electron chi connectivity index (χ0n) is 4.77. The van der Waals surface area contributed by atoms with E-state index in [0.29, 0.717) is 0 Å². The summed E-state index contributed by atoms with van der Waals surface area (Å²) in [6.07, 6.45) is 0.727. The van der Waals surface area contributed by atoms with Crippen LogP contribution in [0.5, 0.6) is 0 Å². The predicted octanol–water partition coefficient (Wildman–Crippen LogP) is 1.92. The molecule has 0 aromatic rings. The van der Waals surface area contributed by atoms with E-state index in [1.54, 1.807) is 6.92 Å². The molecule has 0 aromatic carbocycles. The molecule has 50 valence electrons. The minimum absolute atomic E-state index is 0.238. The van der Waals surface area contributed by atoms with Crippen LogP contribution in [0.1, 0.15) is 13.3 Å². The van der Waals surface area contributed by atoms with Crippen molar-refractivity contribution in [1.29, 1.82) is 0 Å². The van der Waals surface area contributed by atoms with Crippen molar-refractivity contribution in [3.63, 3.8) is 0 Å². The number of hydrogen-bond donors (Lipinski definition) is 1.